The number of carbonyl (C=O) groups is 1. The summed E-state index contributed by atoms with van der Waals surface area (Å²) >= 11 is 0. The standard InChI is InChI=1S/C11H14N3O5/c1-7(15)13-5-9(16)10(6-13)19-11-8(14(17)18)3-2-4-12-11/h2-4,9-10,16H,5-6H2,1H3,(H,17,18)/q+1/t9-,10-/m1/s1. The van der Waals surface area contributed by atoms with Crippen molar-refractivity contribution in [1.29, 1.82) is 0 Å². The van der Waals surface area contributed by atoms with E-state index in [0.717, 1.165) is 0 Å². The van der Waals surface area contributed by atoms with Gasteiger partial charge in [0, 0.05) is 19.2 Å². The first kappa shape index (κ1) is 13.2. The molecule has 1 fully saturated rings. The van der Waals surface area contributed by atoms with Crippen molar-refractivity contribution < 1.29 is 24.8 Å². The van der Waals surface area contributed by atoms with Crippen LogP contribution >= 0.6 is 0 Å². The molecule has 1 aromatic rings. The van der Waals surface area contributed by atoms with E-state index < -0.39 is 12.2 Å². The fourth-order valence-corrected chi connectivity index (χ4v) is 1.89. The van der Waals surface area contributed by atoms with Crippen molar-refractivity contribution in [3.05, 3.63) is 23.2 Å². The van der Waals surface area contributed by atoms with Crippen molar-refractivity contribution in [3.63, 3.8) is 0 Å². The second-order valence-electron chi connectivity index (χ2n) is 4.25. The van der Waals surface area contributed by atoms with Crippen LogP contribution in [0, 0.1) is 4.91 Å². The highest BCUT2D eigenvalue weighted by Gasteiger charge is 2.36. The van der Waals surface area contributed by atoms with Crippen LogP contribution in [-0.2, 0) is 4.79 Å². The topological polar surface area (TPSA) is 103 Å². The zero-order valence-electron chi connectivity index (χ0n) is 10.3. The van der Waals surface area contributed by atoms with Crippen LogP contribution in [0.25, 0.3) is 0 Å². The summed E-state index contributed by atoms with van der Waals surface area (Å²) in [6, 6.07) is 2.80. The highest BCUT2D eigenvalue weighted by molar-refractivity contribution is 5.73. The van der Waals surface area contributed by atoms with Crippen molar-refractivity contribution in [2.24, 2.45) is 0 Å². The number of aromatic nitrogens is 1. The van der Waals surface area contributed by atoms with E-state index in [1.54, 1.807) is 0 Å². The molecule has 0 aliphatic carbocycles. The lowest BCUT2D eigenvalue weighted by Crippen LogP contribution is -2.31. The Hall–Kier alpha value is -2.22. The van der Waals surface area contributed by atoms with Crippen molar-refractivity contribution >= 4 is 11.6 Å². The smallest absolute Gasteiger partial charge is 0.377 e. The monoisotopic (exact) mass is 268 g/mol. The number of rotatable bonds is 3. The number of β-amino-alcohol motifs (C(OH)–C–C–N with tert-alkyl or cyclic N) is 1. The Morgan fingerprint density at radius 3 is 2.89 bits per heavy atom. The molecule has 1 aliphatic heterocycles. The van der Waals surface area contributed by atoms with Crippen LogP contribution in [0.2, 0.25) is 0 Å². The molecule has 0 bridgehead atoms. The maximum Gasteiger partial charge on any atom is 0.377 e. The molecule has 0 spiro atoms. The second kappa shape index (κ2) is 5.19. The van der Waals surface area contributed by atoms with Gasteiger partial charge in [0.05, 0.1) is 18.0 Å². The molecule has 0 aromatic carbocycles. The molecule has 2 N–H and O–H groups in total. The Kier molecular flexibility index (Phi) is 3.61. The predicted molar refractivity (Wildman–Crippen MR) is 62.0 cm³/mol. The van der Waals surface area contributed by atoms with Gasteiger partial charge in [0.2, 0.25) is 5.91 Å². The molecule has 2 rings (SSSR count). The molecule has 2 heterocycles. The van der Waals surface area contributed by atoms with Gasteiger partial charge in [0.1, 0.15) is 12.2 Å². The van der Waals surface area contributed by atoms with E-state index in [2.05, 4.69) is 4.98 Å². The molecular weight excluding hydrogens is 254 g/mol. The Bertz CT molecular complexity index is 507. The Morgan fingerprint density at radius 1 is 1.58 bits per heavy atom. The minimum atomic E-state index is -0.863. The van der Waals surface area contributed by atoms with Crippen LogP contribution in [0.1, 0.15) is 6.92 Å². The van der Waals surface area contributed by atoms with Gasteiger partial charge in [0.25, 0.3) is 10.8 Å². The largest absolute Gasteiger partial charge is 0.465 e. The number of aliphatic hydroxyl groups is 1. The minimum absolute atomic E-state index is 0.0885. The van der Waals surface area contributed by atoms with Gasteiger partial charge in [-0.1, -0.05) is 0 Å². The van der Waals surface area contributed by atoms with Gasteiger partial charge in [-0.15, -0.1) is 0 Å². The summed E-state index contributed by atoms with van der Waals surface area (Å²) in [5.41, 5.74) is -0.157. The average molecular weight is 268 g/mol. The summed E-state index contributed by atoms with van der Waals surface area (Å²) in [7, 11) is 0. The number of hydrogen-bond donors (Lipinski definition) is 2. The molecule has 1 amide bonds. The molecule has 2 atom stereocenters. The number of nitrogens with zero attached hydrogens (tertiary/aromatic N) is 3. The zero-order chi connectivity index (χ0) is 14.0. The van der Waals surface area contributed by atoms with Crippen LogP contribution in [0.3, 0.4) is 0 Å². The third-order valence-electron chi connectivity index (χ3n) is 2.90. The number of likely N-dealkylation sites (tertiary alicyclic amines) is 1. The first-order chi connectivity index (χ1) is 8.99. The zero-order valence-corrected chi connectivity index (χ0v) is 10.3. The Balaban J connectivity index is 2.14. The van der Waals surface area contributed by atoms with Crippen molar-refractivity contribution in [2.75, 3.05) is 13.1 Å². The molecule has 102 valence electrons. The minimum Gasteiger partial charge on any atom is -0.465 e. The summed E-state index contributed by atoms with van der Waals surface area (Å²) < 4.78 is 5.40. The van der Waals surface area contributed by atoms with Crippen molar-refractivity contribution in [2.45, 2.75) is 19.1 Å². The number of carbonyl (C=O) groups excluding carboxylic acids is 1. The first-order valence-electron chi connectivity index (χ1n) is 5.70. The lowest BCUT2D eigenvalue weighted by molar-refractivity contribution is -0.730. The maximum absolute atomic E-state index is 11.2. The lowest BCUT2D eigenvalue weighted by atomic mass is 10.2. The van der Waals surface area contributed by atoms with Gasteiger partial charge < -0.3 is 14.7 Å². The molecule has 8 heteroatoms. The van der Waals surface area contributed by atoms with Gasteiger partial charge in [-0.3, -0.25) is 4.79 Å². The highest BCUT2D eigenvalue weighted by Crippen LogP contribution is 2.25. The second-order valence-corrected chi connectivity index (χ2v) is 4.25. The molecular formula is C11H14N3O5+. The molecule has 1 saturated heterocycles. The van der Waals surface area contributed by atoms with E-state index >= 15 is 0 Å². The number of aliphatic hydroxyl groups excluding tert-OH is 1. The fraction of sp³-hybridized carbons (Fsp3) is 0.455. The summed E-state index contributed by atoms with van der Waals surface area (Å²) in [4.78, 5) is 27.0. The molecule has 0 saturated carbocycles. The lowest BCUT2D eigenvalue weighted by Gasteiger charge is -2.14. The first-order valence-corrected chi connectivity index (χ1v) is 5.70. The van der Waals surface area contributed by atoms with Crippen LogP contribution < -0.4 is 4.74 Å². The van der Waals surface area contributed by atoms with Crippen molar-refractivity contribution in [1.82, 2.24) is 9.88 Å². The van der Waals surface area contributed by atoms with Gasteiger partial charge >= 0.3 is 5.69 Å². The SMILES string of the molecule is CC(=O)N1C[C@@H](O)[C@H](Oc2ncccc2[N+](=O)O)C1. The van der Waals surface area contributed by atoms with Gasteiger partial charge in [-0.05, 0) is 6.07 Å². The van der Waals surface area contributed by atoms with E-state index in [4.69, 9.17) is 9.94 Å². The quantitative estimate of drug-likeness (QED) is 0.739. The van der Waals surface area contributed by atoms with Crippen molar-refractivity contribution in [3.8, 4) is 5.88 Å². The number of hydrogen-bond acceptors (Lipinski definition) is 5. The average Bonchev–Trinajstić information content (AvgIpc) is 2.72. The van der Waals surface area contributed by atoms with E-state index in [1.165, 1.54) is 30.2 Å². The highest BCUT2D eigenvalue weighted by atomic mass is 16.6. The van der Waals surface area contributed by atoms with E-state index in [0.29, 0.717) is 0 Å². The summed E-state index contributed by atoms with van der Waals surface area (Å²) in [6.45, 7) is 1.77. The molecule has 0 unspecified atom stereocenters. The number of amides is 1. The van der Waals surface area contributed by atoms with Gasteiger partial charge in [-0.2, -0.15) is 0 Å². The fourth-order valence-electron chi connectivity index (χ4n) is 1.89. The number of ether oxygens (including phenoxy) is 1. The van der Waals surface area contributed by atoms with Crippen LogP contribution in [0.5, 0.6) is 5.88 Å². The van der Waals surface area contributed by atoms with Crippen LogP contribution in [0.4, 0.5) is 5.69 Å². The molecule has 1 aliphatic rings. The molecule has 1 aromatic heterocycles. The maximum atomic E-state index is 11.2. The van der Waals surface area contributed by atoms with E-state index in [9.17, 15) is 14.8 Å². The third-order valence-corrected chi connectivity index (χ3v) is 2.90. The molecule has 0 radical (unpaired) electrons. The van der Waals surface area contributed by atoms with E-state index in [1.807, 2.05) is 0 Å². The summed E-state index contributed by atoms with van der Waals surface area (Å²) in [6.07, 6.45) is -0.151. The van der Waals surface area contributed by atoms with Gasteiger partial charge in [-0.25, -0.2) is 10.2 Å². The summed E-state index contributed by atoms with van der Waals surface area (Å²) in [5.74, 6) is -0.256. The van der Waals surface area contributed by atoms with Crippen LogP contribution in [-0.4, -0.2) is 56.3 Å². The van der Waals surface area contributed by atoms with Gasteiger partial charge in [0.15, 0.2) is 0 Å². The Morgan fingerprint density at radius 2 is 2.32 bits per heavy atom. The predicted octanol–water partition coefficient (Wildman–Crippen LogP) is -0.148. The van der Waals surface area contributed by atoms with E-state index in [-0.39, 0.29) is 35.5 Å². The Labute approximate surface area is 108 Å². The molecule has 19 heavy (non-hydrogen) atoms. The normalized spacial score (nSPS) is 22.3. The molecule has 8 nitrogen and oxygen atoms in total. The van der Waals surface area contributed by atoms with Crippen LogP contribution in [0.15, 0.2) is 18.3 Å². The summed E-state index contributed by atoms with van der Waals surface area (Å²) in [5, 5.41) is 18.7. The third kappa shape index (κ3) is 2.79. The number of pyridine rings is 1.